The number of allylic oxidation sites excluding steroid dienone is 2. The van der Waals surface area contributed by atoms with Gasteiger partial charge < -0.3 is 25.1 Å². The number of aromatic nitrogens is 3. The van der Waals surface area contributed by atoms with Crippen molar-refractivity contribution in [1.29, 1.82) is 0 Å². The van der Waals surface area contributed by atoms with Crippen LogP contribution in [-0.4, -0.2) is 32.2 Å². The summed E-state index contributed by atoms with van der Waals surface area (Å²) in [4.78, 5) is 53.6. The second kappa shape index (κ2) is 18.7. The molecule has 0 atom stereocenters. The summed E-state index contributed by atoms with van der Waals surface area (Å²) < 4.78 is 3.31. The van der Waals surface area contributed by atoms with Gasteiger partial charge in [-0.05, 0) is 62.8 Å². The van der Waals surface area contributed by atoms with Crippen LogP contribution in [0.4, 0.5) is 26.8 Å². The van der Waals surface area contributed by atoms with Crippen LogP contribution < -0.4 is 32.4 Å². The highest BCUT2D eigenvalue weighted by molar-refractivity contribution is 6.30. The molecule has 1 aliphatic rings. The first-order valence-corrected chi connectivity index (χ1v) is 17.9. The summed E-state index contributed by atoms with van der Waals surface area (Å²) >= 11 is 5.79. The van der Waals surface area contributed by atoms with Gasteiger partial charge in [-0.3, -0.25) is 14.9 Å². The van der Waals surface area contributed by atoms with Gasteiger partial charge in [-0.25, -0.2) is 14.6 Å². The molecule has 6 rings (SSSR count). The van der Waals surface area contributed by atoms with E-state index in [2.05, 4.69) is 40.1 Å². The number of carbonyl (C=O) groups is 2. The van der Waals surface area contributed by atoms with E-state index in [1.807, 2.05) is 76.2 Å². The van der Waals surface area contributed by atoms with E-state index in [4.69, 9.17) is 11.6 Å². The minimum atomic E-state index is -0.445. The van der Waals surface area contributed by atoms with Crippen molar-refractivity contribution in [1.82, 2.24) is 19.4 Å². The van der Waals surface area contributed by atoms with Crippen LogP contribution in [0.25, 0.3) is 21.5 Å². The summed E-state index contributed by atoms with van der Waals surface area (Å²) in [6.07, 6.45) is 11.0. The number of pyridine rings is 3. The SMILES string of the molecule is C/C=C\C.CC(C)Cn1cc(NC(=O)NC2CC2)c2ccccc2c1=O.CC(C)Cn1cc(NC(=O)Nc2ccc(Cl)cn2)c2ccccc2c1=O. The molecule has 0 bridgehead atoms. The smallest absolute Gasteiger partial charge is 0.324 e. The minimum absolute atomic E-state index is 0.0162. The van der Waals surface area contributed by atoms with Gasteiger partial charge in [0.1, 0.15) is 5.82 Å². The Balaban J connectivity index is 0.000000213. The summed E-state index contributed by atoms with van der Waals surface area (Å²) in [5.41, 5.74) is 1.15. The molecule has 0 unspecified atom stereocenters. The van der Waals surface area contributed by atoms with Gasteiger partial charge in [-0.2, -0.15) is 0 Å². The Bertz CT molecular complexity index is 2130. The maximum atomic E-state index is 12.6. The normalized spacial score (nSPS) is 12.2. The predicted molar refractivity (Wildman–Crippen MR) is 214 cm³/mol. The average molecular weight is 726 g/mol. The van der Waals surface area contributed by atoms with E-state index in [-0.39, 0.29) is 17.1 Å². The second-order valence-corrected chi connectivity index (χ2v) is 13.8. The number of fused-ring (bicyclic) bond motifs is 2. The molecule has 1 saturated carbocycles. The first-order valence-electron chi connectivity index (χ1n) is 17.5. The van der Waals surface area contributed by atoms with Gasteiger partial charge in [0, 0.05) is 59.3 Å². The lowest BCUT2D eigenvalue weighted by molar-refractivity contribution is 0.251. The van der Waals surface area contributed by atoms with E-state index in [9.17, 15) is 19.2 Å². The molecule has 4 N–H and O–H groups in total. The standard InChI is InChI=1S/C19H19ClN4O2.C17H21N3O2.C4H8/c1-12(2)10-24-11-16(14-5-3-4-6-15(14)18(24)25)22-19(26)23-17-8-7-13(20)9-21-17;1-11(2)9-20-10-15(19-17(22)18-12-7-8-12)13-5-3-4-6-14(13)16(20)21;1-3-4-2/h3-9,11-12H,10H2,1-2H3,(H2,21,22,23,26);3-6,10-12H,7-9H2,1-2H3,(H2,18,19,22);3-4H,1-2H3/b;;4-3-. The van der Waals surface area contributed by atoms with Gasteiger partial charge in [0.15, 0.2) is 0 Å². The molecule has 0 aliphatic heterocycles. The van der Waals surface area contributed by atoms with Gasteiger partial charge in [-0.15, -0.1) is 0 Å². The maximum Gasteiger partial charge on any atom is 0.324 e. The van der Waals surface area contributed by atoms with Crippen molar-refractivity contribution in [2.75, 3.05) is 16.0 Å². The fraction of sp³-hybridized carbons (Fsp3) is 0.325. The number of halogens is 1. The Morgan fingerprint density at radius 1 is 0.731 bits per heavy atom. The lowest BCUT2D eigenvalue weighted by Gasteiger charge is -2.15. The highest BCUT2D eigenvalue weighted by Gasteiger charge is 2.23. The molecule has 274 valence electrons. The number of nitrogens with zero attached hydrogens (tertiary/aromatic N) is 3. The molecule has 1 aliphatic carbocycles. The Kier molecular flexibility index (Phi) is 14.2. The molecule has 5 aromatic rings. The topological polar surface area (TPSA) is 139 Å². The molecule has 4 amide bonds. The molecule has 0 saturated heterocycles. The summed E-state index contributed by atoms with van der Waals surface area (Å²) in [6, 6.07) is 17.5. The summed E-state index contributed by atoms with van der Waals surface area (Å²) in [6.45, 7) is 13.4. The third kappa shape index (κ3) is 11.3. The van der Waals surface area contributed by atoms with Crippen LogP contribution >= 0.6 is 11.6 Å². The molecular weight excluding hydrogens is 678 g/mol. The van der Waals surface area contributed by atoms with E-state index < -0.39 is 6.03 Å². The summed E-state index contributed by atoms with van der Waals surface area (Å²) in [7, 11) is 0. The van der Waals surface area contributed by atoms with Crippen molar-refractivity contribution in [2.24, 2.45) is 11.8 Å². The van der Waals surface area contributed by atoms with Crippen LogP contribution in [-0.2, 0) is 13.1 Å². The van der Waals surface area contributed by atoms with Crippen LogP contribution in [0.15, 0.2) is 101 Å². The van der Waals surface area contributed by atoms with Gasteiger partial charge >= 0.3 is 12.1 Å². The maximum absolute atomic E-state index is 12.6. The van der Waals surface area contributed by atoms with Crippen LogP contribution in [0, 0.1) is 11.8 Å². The molecule has 1 fully saturated rings. The van der Waals surface area contributed by atoms with Crippen molar-refractivity contribution >= 4 is 62.4 Å². The average Bonchev–Trinajstić information content (AvgIpc) is 3.94. The van der Waals surface area contributed by atoms with Crippen LogP contribution in [0.5, 0.6) is 0 Å². The number of urea groups is 2. The van der Waals surface area contributed by atoms with Crippen molar-refractivity contribution < 1.29 is 9.59 Å². The molecule has 2 aromatic carbocycles. The molecule has 0 spiro atoms. The Morgan fingerprint density at radius 3 is 1.60 bits per heavy atom. The summed E-state index contributed by atoms with van der Waals surface area (Å²) in [5, 5.41) is 14.4. The molecule has 3 heterocycles. The number of carbonyl (C=O) groups excluding carboxylic acids is 2. The van der Waals surface area contributed by atoms with Crippen molar-refractivity contribution in [3.63, 3.8) is 0 Å². The number of nitrogens with one attached hydrogen (secondary N) is 4. The third-order valence-electron chi connectivity index (χ3n) is 7.82. The zero-order valence-electron chi connectivity index (χ0n) is 30.6. The van der Waals surface area contributed by atoms with Crippen LogP contribution in [0.3, 0.4) is 0 Å². The van der Waals surface area contributed by atoms with Crippen LogP contribution in [0.1, 0.15) is 54.4 Å². The molecule has 3 aromatic heterocycles. The summed E-state index contributed by atoms with van der Waals surface area (Å²) in [5.74, 6) is 1.03. The minimum Gasteiger partial charge on any atom is -0.335 e. The van der Waals surface area contributed by atoms with Crippen molar-refractivity contribution in [2.45, 2.75) is 73.5 Å². The number of hydrogen-bond acceptors (Lipinski definition) is 5. The number of rotatable bonds is 8. The number of amides is 4. The quantitative estimate of drug-likeness (QED) is 0.118. The molecule has 11 nitrogen and oxygen atoms in total. The molecular formula is C40H48ClN7O4. The van der Waals surface area contributed by atoms with E-state index in [1.165, 1.54) is 6.20 Å². The van der Waals surface area contributed by atoms with Crippen LogP contribution in [0.2, 0.25) is 5.02 Å². The zero-order valence-corrected chi connectivity index (χ0v) is 31.3. The van der Waals surface area contributed by atoms with Gasteiger partial charge in [0.2, 0.25) is 0 Å². The Hall–Kier alpha value is -5.42. The number of anilines is 3. The van der Waals surface area contributed by atoms with Gasteiger partial charge in [0.25, 0.3) is 11.1 Å². The highest BCUT2D eigenvalue weighted by atomic mass is 35.5. The largest absolute Gasteiger partial charge is 0.335 e. The first-order chi connectivity index (χ1) is 24.9. The van der Waals surface area contributed by atoms with E-state index in [0.29, 0.717) is 69.3 Å². The van der Waals surface area contributed by atoms with E-state index >= 15 is 0 Å². The second-order valence-electron chi connectivity index (χ2n) is 13.4. The number of benzene rings is 2. The first kappa shape index (κ1) is 39.4. The van der Waals surface area contributed by atoms with Gasteiger partial charge in [-0.1, -0.05) is 87.8 Å². The predicted octanol–water partition coefficient (Wildman–Crippen LogP) is 8.87. The van der Waals surface area contributed by atoms with Crippen molar-refractivity contribution in [3.05, 3.63) is 117 Å². The van der Waals surface area contributed by atoms with Gasteiger partial charge in [0.05, 0.1) is 16.4 Å². The van der Waals surface area contributed by atoms with Crippen molar-refractivity contribution in [3.8, 4) is 0 Å². The number of hydrogen-bond donors (Lipinski definition) is 4. The fourth-order valence-electron chi connectivity index (χ4n) is 5.23. The Labute approximate surface area is 309 Å². The fourth-order valence-corrected chi connectivity index (χ4v) is 5.35. The molecule has 12 heteroatoms. The third-order valence-corrected chi connectivity index (χ3v) is 8.05. The zero-order chi connectivity index (χ0) is 37.8. The van der Waals surface area contributed by atoms with E-state index in [0.717, 1.165) is 18.2 Å². The lowest BCUT2D eigenvalue weighted by Crippen LogP contribution is -2.31. The molecule has 0 radical (unpaired) electrons. The van der Waals surface area contributed by atoms with E-state index in [1.54, 1.807) is 45.8 Å². The Morgan fingerprint density at radius 2 is 1.19 bits per heavy atom. The monoisotopic (exact) mass is 725 g/mol. The highest BCUT2D eigenvalue weighted by Crippen LogP contribution is 2.23. The lowest BCUT2D eigenvalue weighted by atomic mass is 10.1. The molecule has 52 heavy (non-hydrogen) atoms.